The van der Waals surface area contributed by atoms with Crippen LogP contribution in [0.4, 0.5) is 5.69 Å². The molecule has 1 N–H and O–H groups in total. The first-order valence-corrected chi connectivity index (χ1v) is 10.6. The predicted octanol–water partition coefficient (Wildman–Crippen LogP) is 2.33. The number of para-hydroxylation sites is 1. The molecule has 1 spiro atoms. The van der Waals surface area contributed by atoms with Crippen LogP contribution in [0.2, 0.25) is 0 Å². The van der Waals surface area contributed by atoms with E-state index in [1.807, 2.05) is 30.3 Å². The smallest absolute Gasteiger partial charge is 0.276 e. The van der Waals surface area contributed by atoms with E-state index in [2.05, 4.69) is 15.1 Å². The summed E-state index contributed by atoms with van der Waals surface area (Å²) in [4.78, 5) is 40.6. The van der Waals surface area contributed by atoms with Gasteiger partial charge in [0.2, 0.25) is 11.7 Å². The minimum atomic E-state index is -1.26. The van der Waals surface area contributed by atoms with Crippen molar-refractivity contribution in [2.75, 3.05) is 31.2 Å². The van der Waals surface area contributed by atoms with Crippen LogP contribution in [0, 0.1) is 10.1 Å². The highest BCUT2D eigenvalue weighted by molar-refractivity contribution is 5.99. The lowest BCUT2D eigenvalue weighted by Crippen LogP contribution is -2.56. The zero-order valence-electron chi connectivity index (χ0n) is 17.3. The number of ketones is 1. The van der Waals surface area contributed by atoms with Crippen molar-refractivity contribution in [3.63, 3.8) is 0 Å². The SMILES string of the molecule is O=C(c1ccccc1)C(CCN1CCC2(CC1)C(=O)NCN2c1ccccc1)[N+](=O)[O-]. The van der Waals surface area contributed by atoms with Crippen LogP contribution in [-0.2, 0) is 4.79 Å². The van der Waals surface area contributed by atoms with Gasteiger partial charge in [-0.2, -0.15) is 0 Å². The third-order valence-electron chi connectivity index (χ3n) is 6.42. The number of Topliss-reactive ketones (excluding diaryl/α,β-unsaturated/α-hetero) is 1. The summed E-state index contributed by atoms with van der Waals surface area (Å²) in [6, 6.07) is 17.0. The largest absolute Gasteiger partial charge is 0.339 e. The summed E-state index contributed by atoms with van der Waals surface area (Å²) < 4.78 is 0. The number of nitrogens with zero attached hydrogens (tertiary/aromatic N) is 3. The molecule has 1 unspecified atom stereocenters. The zero-order chi connectivity index (χ0) is 21.8. The van der Waals surface area contributed by atoms with Crippen LogP contribution in [0.15, 0.2) is 60.7 Å². The fraction of sp³-hybridized carbons (Fsp3) is 0.391. The highest BCUT2D eigenvalue weighted by atomic mass is 16.6. The average molecular weight is 422 g/mol. The molecule has 0 aromatic heterocycles. The topological polar surface area (TPSA) is 95.8 Å². The summed E-state index contributed by atoms with van der Waals surface area (Å²) >= 11 is 0. The van der Waals surface area contributed by atoms with Gasteiger partial charge >= 0.3 is 0 Å². The average Bonchev–Trinajstić information content (AvgIpc) is 3.11. The highest BCUT2D eigenvalue weighted by Crippen LogP contribution is 2.36. The number of nitro groups is 1. The maximum atomic E-state index is 12.7. The van der Waals surface area contributed by atoms with Gasteiger partial charge in [-0.3, -0.25) is 19.7 Å². The summed E-state index contributed by atoms with van der Waals surface area (Å²) in [7, 11) is 0. The first-order valence-electron chi connectivity index (χ1n) is 10.6. The number of anilines is 1. The standard InChI is InChI=1S/C23H26N4O4/c28-21(18-7-3-1-4-8-18)20(27(30)31)11-14-25-15-12-23(13-16-25)22(29)24-17-26(23)19-9-5-2-6-10-19/h1-10,20H,11-17H2,(H,24,29). The van der Waals surface area contributed by atoms with Gasteiger partial charge < -0.3 is 15.1 Å². The Kier molecular flexibility index (Phi) is 5.99. The van der Waals surface area contributed by atoms with Crippen molar-refractivity contribution in [3.05, 3.63) is 76.3 Å². The Morgan fingerprint density at radius 2 is 1.68 bits per heavy atom. The molecule has 2 aromatic carbocycles. The van der Waals surface area contributed by atoms with E-state index < -0.39 is 22.3 Å². The number of rotatable bonds is 7. The van der Waals surface area contributed by atoms with Gasteiger partial charge in [0.15, 0.2) is 0 Å². The molecule has 31 heavy (non-hydrogen) atoms. The van der Waals surface area contributed by atoms with Crippen LogP contribution in [-0.4, -0.2) is 59.4 Å². The van der Waals surface area contributed by atoms with Gasteiger partial charge in [0, 0.05) is 42.2 Å². The maximum absolute atomic E-state index is 12.7. The summed E-state index contributed by atoms with van der Waals surface area (Å²) in [6.45, 7) is 2.24. The lowest BCUT2D eigenvalue weighted by Gasteiger charge is -2.43. The molecular formula is C23H26N4O4. The van der Waals surface area contributed by atoms with Crippen molar-refractivity contribution >= 4 is 17.4 Å². The van der Waals surface area contributed by atoms with E-state index in [0.29, 0.717) is 44.7 Å². The second-order valence-corrected chi connectivity index (χ2v) is 8.12. The monoisotopic (exact) mass is 422 g/mol. The van der Waals surface area contributed by atoms with Crippen LogP contribution in [0.5, 0.6) is 0 Å². The van der Waals surface area contributed by atoms with Crippen molar-refractivity contribution in [1.82, 2.24) is 10.2 Å². The van der Waals surface area contributed by atoms with E-state index >= 15 is 0 Å². The molecule has 162 valence electrons. The Bertz CT molecular complexity index is 943. The Balaban J connectivity index is 1.39. The Morgan fingerprint density at radius 3 is 2.29 bits per heavy atom. The molecule has 2 aromatic rings. The Hall–Kier alpha value is -3.26. The van der Waals surface area contributed by atoms with E-state index in [9.17, 15) is 19.7 Å². The first-order chi connectivity index (χ1) is 15.0. The van der Waals surface area contributed by atoms with Crippen molar-refractivity contribution < 1.29 is 14.5 Å². The van der Waals surface area contributed by atoms with Gasteiger partial charge in [-0.05, 0) is 25.0 Å². The first kappa shape index (κ1) is 21.0. The molecule has 1 amide bonds. The van der Waals surface area contributed by atoms with E-state index in [-0.39, 0.29) is 12.3 Å². The van der Waals surface area contributed by atoms with Crippen LogP contribution < -0.4 is 10.2 Å². The molecule has 0 radical (unpaired) electrons. The third-order valence-corrected chi connectivity index (χ3v) is 6.42. The van der Waals surface area contributed by atoms with Crippen molar-refractivity contribution in [2.45, 2.75) is 30.8 Å². The number of hydrogen-bond donors (Lipinski definition) is 1. The van der Waals surface area contributed by atoms with Gasteiger partial charge in [-0.25, -0.2) is 0 Å². The second-order valence-electron chi connectivity index (χ2n) is 8.12. The summed E-state index contributed by atoms with van der Waals surface area (Å²) in [5, 5.41) is 14.5. The van der Waals surface area contributed by atoms with Gasteiger partial charge in [0.1, 0.15) is 5.54 Å². The van der Waals surface area contributed by atoms with Crippen LogP contribution in [0.1, 0.15) is 29.6 Å². The lowest BCUT2D eigenvalue weighted by molar-refractivity contribution is -0.506. The van der Waals surface area contributed by atoms with Gasteiger partial charge in [-0.1, -0.05) is 48.5 Å². The number of carbonyl (C=O) groups excluding carboxylic acids is 2. The van der Waals surface area contributed by atoms with E-state index in [1.54, 1.807) is 30.3 Å². The Labute approximate surface area is 181 Å². The van der Waals surface area contributed by atoms with E-state index in [0.717, 1.165) is 5.69 Å². The number of benzene rings is 2. The fourth-order valence-corrected chi connectivity index (χ4v) is 4.61. The second kappa shape index (κ2) is 8.85. The number of carbonyl (C=O) groups is 2. The molecule has 2 fully saturated rings. The number of likely N-dealkylation sites (tertiary alicyclic amines) is 1. The molecule has 2 aliphatic rings. The van der Waals surface area contributed by atoms with Crippen LogP contribution in [0.3, 0.4) is 0 Å². The molecule has 4 rings (SSSR count). The summed E-state index contributed by atoms with van der Waals surface area (Å²) in [6.07, 6.45) is 1.44. The maximum Gasteiger partial charge on any atom is 0.276 e. The number of hydrogen-bond acceptors (Lipinski definition) is 6. The fourth-order valence-electron chi connectivity index (χ4n) is 4.61. The molecule has 1 atom stereocenters. The minimum Gasteiger partial charge on any atom is -0.339 e. The van der Waals surface area contributed by atoms with E-state index in [1.165, 1.54) is 0 Å². The lowest BCUT2D eigenvalue weighted by atomic mass is 9.85. The normalized spacial score (nSPS) is 19.2. The zero-order valence-corrected chi connectivity index (χ0v) is 17.3. The number of piperidine rings is 1. The summed E-state index contributed by atoms with van der Waals surface area (Å²) in [5.41, 5.74) is 0.791. The van der Waals surface area contributed by atoms with Gasteiger partial charge in [0.25, 0.3) is 6.04 Å². The van der Waals surface area contributed by atoms with Crippen LogP contribution >= 0.6 is 0 Å². The minimum absolute atomic E-state index is 0.0402. The molecule has 0 aliphatic carbocycles. The third kappa shape index (κ3) is 4.16. The molecule has 8 nitrogen and oxygen atoms in total. The van der Waals surface area contributed by atoms with Crippen molar-refractivity contribution in [3.8, 4) is 0 Å². The molecule has 0 saturated carbocycles. The summed E-state index contributed by atoms with van der Waals surface area (Å²) in [5.74, 6) is -0.414. The van der Waals surface area contributed by atoms with Gasteiger partial charge in [-0.15, -0.1) is 0 Å². The molecule has 2 aliphatic heterocycles. The van der Waals surface area contributed by atoms with Gasteiger partial charge in [0.05, 0.1) is 6.67 Å². The molecule has 2 heterocycles. The predicted molar refractivity (Wildman–Crippen MR) is 117 cm³/mol. The quantitative estimate of drug-likeness (QED) is 0.418. The Morgan fingerprint density at radius 1 is 1.06 bits per heavy atom. The molecule has 0 bridgehead atoms. The molecular weight excluding hydrogens is 396 g/mol. The molecule has 8 heteroatoms. The van der Waals surface area contributed by atoms with E-state index in [4.69, 9.17) is 0 Å². The number of amides is 1. The molecule has 2 saturated heterocycles. The number of nitrogens with one attached hydrogen (secondary N) is 1. The van der Waals surface area contributed by atoms with Crippen molar-refractivity contribution in [2.24, 2.45) is 0 Å². The van der Waals surface area contributed by atoms with Crippen LogP contribution in [0.25, 0.3) is 0 Å². The highest BCUT2D eigenvalue weighted by Gasteiger charge is 2.50. The van der Waals surface area contributed by atoms with Crippen molar-refractivity contribution in [1.29, 1.82) is 0 Å².